The molecule has 7 nitrogen and oxygen atoms in total. The maximum atomic E-state index is 12.2. The van der Waals surface area contributed by atoms with Crippen LogP contribution < -0.4 is 14.2 Å². The van der Waals surface area contributed by atoms with E-state index in [1.165, 1.54) is 32.4 Å². The molecule has 0 amide bonds. The lowest BCUT2D eigenvalue weighted by atomic mass is 10.2. The summed E-state index contributed by atoms with van der Waals surface area (Å²) in [4.78, 5) is 12.0. The molecule has 0 radical (unpaired) electrons. The minimum Gasteiger partial charge on any atom is -0.495 e. The molecule has 0 heterocycles. The summed E-state index contributed by atoms with van der Waals surface area (Å²) in [7, 11) is -1.14. The van der Waals surface area contributed by atoms with Crippen LogP contribution in [0.15, 0.2) is 47.4 Å². The third-order valence-electron chi connectivity index (χ3n) is 3.63. The summed E-state index contributed by atoms with van der Waals surface area (Å²) < 4.78 is 42.0. The molecule has 0 aromatic heterocycles. The molecule has 0 bridgehead atoms. The highest BCUT2D eigenvalue weighted by Crippen LogP contribution is 2.25. The molecule has 0 saturated heterocycles. The lowest BCUT2D eigenvalue weighted by molar-refractivity contribution is 0.0450. The zero-order valence-corrected chi connectivity index (χ0v) is 15.6. The maximum Gasteiger partial charge on any atom is 0.338 e. The Morgan fingerprint density at radius 2 is 1.81 bits per heavy atom. The number of rotatable bonds is 8. The van der Waals surface area contributed by atoms with Crippen LogP contribution in [0.2, 0.25) is 0 Å². The number of ether oxygens (including phenoxy) is 3. The summed E-state index contributed by atoms with van der Waals surface area (Å²) in [6, 6.07) is 11.6. The lowest BCUT2D eigenvalue weighted by Gasteiger charge is -2.11. The summed E-state index contributed by atoms with van der Waals surface area (Å²) in [5.41, 5.74) is 1.09. The van der Waals surface area contributed by atoms with Crippen molar-refractivity contribution in [3.05, 3.63) is 53.6 Å². The Bertz CT molecular complexity index is 879. The first-order chi connectivity index (χ1) is 12.4. The van der Waals surface area contributed by atoms with Crippen LogP contribution in [0, 0.1) is 6.92 Å². The largest absolute Gasteiger partial charge is 0.495 e. The molecule has 2 aromatic rings. The number of esters is 1. The summed E-state index contributed by atoms with van der Waals surface area (Å²) in [5, 5.41) is 0. The van der Waals surface area contributed by atoms with Gasteiger partial charge >= 0.3 is 5.97 Å². The van der Waals surface area contributed by atoms with Crippen molar-refractivity contribution in [2.75, 3.05) is 27.4 Å². The Labute approximate surface area is 152 Å². The van der Waals surface area contributed by atoms with Crippen LogP contribution in [0.5, 0.6) is 11.5 Å². The van der Waals surface area contributed by atoms with E-state index in [9.17, 15) is 13.2 Å². The molecule has 26 heavy (non-hydrogen) atoms. The van der Waals surface area contributed by atoms with Gasteiger partial charge in [0.2, 0.25) is 10.0 Å². The first-order valence-electron chi connectivity index (χ1n) is 7.86. The van der Waals surface area contributed by atoms with Gasteiger partial charge in [-0.05, 0) is 43.8 Å². The van der Waals surface area contributed by atoms with Crippen molar-refractivity contribution in [2.45, 2.75) is 11.8 Å². The molecule has 1 N–H and O–H groups in total. The number of benzene rings is 2. The monoisotopic (exact) mass is 379 g/mol. The van der Waals surface area contributed by atoms with E-state index < -0.39 is 16.0 Å². The van der Waals surface area contributed by atoms with Crippen molar-refractivity contribution < 1.29 is 27.4 Å². The van der Waals surface area contributed by atoms with E-state index in [0.29, 0.717) is 0 Å². The maximum absolute atomic E-state index is 12.2. The second-order valence-electron chi connectivity index (χ2n) is 5.32. The van der Waals surface area contributed by atoms with E-state index in [-0.39, 0.29) is 29.4 Å². The van der Waals surface area contributed by atoms with Crippen molar-refractivity contribution in [2.24, 2.45) is 0 Å². The molecule has 0 aliphatic carbocycles. The summed E-state index contributed by atoms with van der Waals surface area (Å²) in [5.74, 6) is 0.211. The highest BCUT2D eigenvalue weighted by molar-refractivity contribution is 7.89. The van der Waals surface area contributed by atoms with Gasteiger partial charge in [-0.15, -0.1) is 0 Å². The van der Waals surface area contributed by atoms with Crippen LogP contribution in [0.3, 0.4) is 0 Å². The summed E-state index contributed by atoms with van der Waals surface area (Å²) in [6.45, 7) is 2.14. The number of aryl methyl sites for hydroxylation is 1. The van der Waals surface area contributed by atoms with Gasteiger partial charge < -0.3 is 14.2 Å². The number of hydrogen-bond acceptors (Lipinski definition) is 6. The lowest BCUT2D eigenvalue weighted by Crippen LogP contribution is -2.20. The zero-order chi connectivity index (χ0) is 19.2. The molecule has 0 atom stereocenters. The van der Waals surface area contributed by atoms with Crippen molar-refractivity contribution in [1.82, 2.24) is 4.72 Å². The number of hydrogen-bond donors (Lipinski definition) is 1. The highest BCUT2D eigenvalue weighted by Gasteiger charge is 2.20. The quantitative estimate of drug-likeness (QED) is 0.558. The van der Waals surface area contributed by atoms with Gasteiger partial charge in [-0.25, -0.2) is 17.9 Å². The van der Waals surface area contributed by atoms with Gasteiger partial charge in [-0.3, -0.25) is 0 Å². The van der Waals surface area contributed by atoms with Gasteiger partial charge in [0.15, 0.2) is 0 Å². The molecule has 2 aromatic carbocycles. The van der Waals surface area contributed by atoms with Crippen LogP contribution in [0.25, 0.3) is 0 Å². The second-order valence-corrected chi connectivity index (χ2v) is 7.18. The SMILES string of the molecule is CNS(=O)(=O)c1cc(C(=O)OCCOc2ccccc2C)ccc1OC. The topological polar surface area (TPSA) is 90.9 Å². The van der Waals surface area contributed by atoms with Crippen LogP contribution in [-0.2, 0) is 14.8 Å². The third kappa shape index (κ3) is 4.74. The van der Waals surface area contributed by atoms with Crippen molar-refractivity contribution in [3.63, 3.8) is 0 Å². The van der Waals surface area contributed by atoms with Crippen LogP contribution >= 0.6 is 0 Å². The minimum absolute atomic E-state index is 0.0350. The van der Waals surface area contributed by atoms with Crippen LogP contribution in [-0.4, -0.2) is 41.8 Å². The molecule has 0 saturated carbocycles. The van der Waals surface area contributed by atoms with E-state index in [1.54, 1.807) is 0 Å². The number of carbonyl (C=O) groups excluding carboxylic acids is 1. The molecule has 0 aliphatic rings. The third-order valence-corrected chi connectivity index (χ3v) is 5.06. The van der Waals surface area contributed by atoms with E-state index in [0.717, 1.165) is 11.3 Å². The average Bonchev–Trinajstić information content (AvgIpc) is 2.65. The Hall–Kier alpha value is -2.58. The van der Waals surface area contributed by atoms with Crippen molar-refractivity contribution in [3.8, 4) is 11.5 Å². The minimum atomic E-state index is -3.77. The van der Waals surface area contributed by atoms with Crippen molar-refractivity contribution >= 4 is 16.0 Å². The first kappa shape index (κ1) is 19.7. The molecular formula is C18H21NO6S. The van der Waals surface area contributed by atoms with E-state index in [4.69, 9.17) is 14.2 Å². The molecule has 0 aliphatic heterocycles. The van der Waals surface area contributed by atoms with Gasteiger partial charge in [0.25, 0.3) is 0 Å². The van der Waals surface area contributed by atoms with Gasteiger partial charge in [0.1, 0.15) is 29.6 Å². The van der Waals surface area contributed by atoms with Gasteiger partial charge in [0, 0.05) is 0 Å². The summed E-state index contributed by atoms with van der Waals surface area (Å²) >= 11 is 0. The Morgan fingerprint density at radius 3 is 2.46 bits per heavy atom. The van der Waals surface area contributed by atoms with E-state index in [1.807, 2.05) is 31.2 Å². The standard InChI is InChI=1S/C18H21NO6S/c1-13-6-4-5-7-15(13)24-10-11-25-18(20)14-8-9-16(23-3)17(12-14)26(21,22)19-2/h4-9,12,19H,10-11H2,1-3H3. The van der Waals surface area contributed by atoms with E-state index >= 15 is 0 Å². The number of methoxy groups -OCH3 is 1. The fourth-order valence-electron chi connectivity index (χ4n) is 2.21. The summed E-state index contributed by atoms with van der Waals surface area (Å²) in [6.07, 6.45) is 0. The molecule has 2 rings (SSSR count). The average molecular weight is 379 g/mol. The molecule has 0 fully saturated rings. The fraction of sp³-hybridized carbons (Fsp3) is 0.278. The van der Waals surface area contributed by atoms with Gasteiger partial charge in [-0.2, -0.15) is 0 Å². The molecule has 0 spiro atoms. The molecule has 0 unspecified atom stereocenters. The molecular weight excluding hydrogens is 358 g/mol. The smallest absolute Gasteiger partial charge is 0.338 e. The Morgan fingerprint density at radius 1 is 1.08 bits per heavy atom. The Balaban J connectivity index is 2.01. The van der Waals surface area contributed by atoms with E-state index in [2.05, 4.69) is 4.72 Å². The molecule has 140 valence electrons. The zero-order valence-electron chi connectivity index (χ0n) is 14.8. The highest BCUT2D eigenvalue weighted by atomic mass is 32.2. The van der Waals surface area contributed by atoms with Gasteiger partial charge in [-0.1, -0.05) is 18.2 Å². The van der Waals surface area contributed by atoms with Gasteiger partial charge in [0.05, 0.1) is 12.7 Å². The number of carbonyl (C=O) groups is 1. The van der Waals surface area contributed by atoms with Crippen molar-refractivity contribution in [1.29, 1.82) is 0 Å². The first-order valence-corrected chi connectivity index (χ1v) is 9.34. The fourth-order valence-corrected chi connectivity index (χ4v) is 3.13. The molecule has 8 heteroatoms. The van der Waals surface area contributed by atoms with Crippen LogP contribution in [0.1, 0.15) is 15.9 Å². The predicted octanol–water partition coefficient (Wildman–Crippen LogP) is 2.15. The number of para-hydroxylation sites is 1. The number of nitrogens with one attached hydrogen (secondary N) is 1. The van der Waals surface area contributed by atoms with Crippen LogP contribution in [0.4, 0.5) is 0 Å². The normalized spacial score (nSPS) is 11.0. The second kappa shape index (κ2) is 8.68. The number of sulfonamides is 1. The Kier molecular flexibility index (Phi) is 6.59. The predicted molar refractivity (Wildman–Crippen MR) is 96.2 cm³/mol.